The molecule has 0 spiro atoms. The highest BCUT2D eigenvalue weighted by atomic mass is 32.1. The molecule has 0 atom stereocenters. The van der Waals surface area contributed by atoms with Gasteiger partial charge in [0.25, 0.3) is 0 Å². The summed E-state index contributed by atoms with van der Waals surface area (Å²) in [5.74, 6) is -0.577. The maximum absolute atomic E-state index is 11.0. The molecule has 2 rings (SSSR count). The number of aldehydes is 1. The van der Waals surface area contributed by atoms with Crippen molar-refractivity contribution in [3.8, 4) is 0 Å². The number of fused-ring (bicyclic) bond motifs is 1. The molecule has 0 saturated heterocycles. The Morgan fingerprint density at radius 3 is 3.06 bits per heavy atom. The van der Waals surface area contributed by atoms with Crippen LogP contribution < -0.4 is 5.49 Å². The van der Waals surface area contributed by atoms with E-state index in [0.29, 0.717) is 15.9 Å². The number of imidazole rings is 1. The van der Waals surface area contributed by atoms with Gasteiger partial charge in [-0.25, -0.2) is 4.98 Å². The summed E-state index contributed by atoms with van der Waals surface area (Å²) in [4.78, 5) is 30.6. The minimum Gasteiger partial charge on any atom is -0.326 e. The first kappa shape index (κ1) is 10.4. The number of carbonyl (C=O) groups is 2. The van der Waals surface area contributed by atoms with Crippen molar-refractivity contribution in [1.82, 2.24) is 19.5 Å². The minimum atomic E-state index is -0.577. The summed E-state index contributed by atoms with van der Waals surface area (Å²) < 4.78 is 1.76. The van der Waals surface area contributed by atoms with E-state index >= 15 is 0 Å². The monoisotopic (exact) mass is 237 g/mol. The third-order valence-electron chi connectivity index (χ3n) is 2.02. The van der Waals surface area contributed by atoms with Gasteiger partial charge in [0.1, 0.15) is 11.2 Å². The van der Waals surface area contributed by atoms with Crippen molar-refractivity contribution in [2.24, 2.45) is 0 Å². The fourth-order valence-electron chi connectivity index (χ4n) is 1.34. The summed E-state index contributed by atoms with van der Waals surface area (Å²) in [7, 11) is 0. The van der Waals surface area contributed by atoms with Crippen molar-refractivity contribution in [1.29, 1.82) is 5.41 Å². The number of aromatic nitrogens is 4. The summed E-state index contributed by atoms with van der Waals surface area (Å²) in [6.45, 7) is -0.129. The quantitative estimate of drug-likeness (QED) is 0.386. The van der Waals surface area contributed by atoms with Crippen LogP contribution in [0.3, 0.4) is 0 Å². The zero-order valence-electron chi connectivity index (χ0n) is 7.98. The summed E-state index contributed by atoms with van der Waals surface area (Å²) in [6, 6.07) is 0. The van der Waals surface area contributed by atoms with Crippen LogP contribution in [0.2, 0.25) is 0 Å². The number of hydrogen-bond donors (Lipinski definition) is 3. The molecule has 0 bridgehead atoms. The molecule has 0 radical (unpaired) electrons. The molecule has 0 aliphatic carbocycles. The van der Waals surface area contributed by atoms with E-state index in [1.807, 2.05) is 0 Å². The van der Waals surface area contributed by atoms with Crippen molar-refractivity contribution in [3.63, 3.8) is 0 Å². The zero-order chi connectivity index (χ0) is 11.7. The first-order valence-electron chi connectivity index (χ1n) is 4.32. The standard InChI is InChI=1S/C8H7N5O2S/c9-6-5-7(12-8(16)11-5)13(3-10-6)1-4(15)2-14/h2-3,9H,1H2,(H2,11,12,16). The van der Waals surface area contributed by atoms with E-state index in [4.69, 9.17) is 17.6 Å². The second kappa shape index (κ2) is 3.81. The van der Waals surface area contributed by atoms with Gasteiger partial charge in [0.2, 0.25) is 5.78 Å². The van der Waals surface area contributed by atoms with Gasteiger partial charge in [-0.05, 0) is 12.2 Å². The summed E-state index contributed by atoms with van der Waals surface area (Å²) in [5.41, 5.74) is 0.906. The van der Waals surface area contributed by atoms with Gasteiger partial charge < -0.3 is 14.5 Å². The van der Waals surface area contributed by atoms with Crippen molar-refractivity contribution in [3.05, 3.63) is 16.6 Å². The Bertz CT molecular complexity index is 680. The molecule has 82 valence electrons. The molecule has 0 amide bonds. The number of nitrogens with one attached hydrogen (secondary N) is 3. The molecule has 7 nitrogen and oxygen atoms in total. The third kappa shape index (κ3) is 1.70. The lowest BCUT2D eigenvalue weighted by Gasteiger charge is -2.03. The van der Waals surface area contributed by atoms with Crippen molar-refractivity contribution < 1.29 is 9.59 Å². The van der Waals surface area contributed by atoms with Gasteiger partial charge in [0, 0.05) is 0 Å². The van der Waals surface area contributed by atoms with Gasteiger partial charge in [-0.2, -0.15) is 0 Å². The lowest BCUT2D eigenvalue weighted by atomic mass is 10.4. The van der Waals surface area contributed by atoms with Crippen LogP contribution in [0.1, 0.15) is 0 Å². The lowest BCUT2D eigenvalue weighted by molar-refractivity contribution is -0.130. The number of aromatic amines is 2. The fourth-order valence-corrected chi connectivity index (χ4v) is 1.53. The van der Waals surface area contributed by atoms with Crippen LogP contribution in [0.4, 0.5) is 0 Å². The van der Waals surface area contributed by atoms with E-state index in [0.717, 1.165) is 0 Å². The predicted octanol–water partition coefficient (Wildman–Crippen LogP) is -0.331. The molecular weight excluding hydrogens is 230 g/mol. The molecule has 8 heteroatoms. The van der Waals surface area contributed by atoms with Gasteiger partial charge in [-0.15, -0.1) is 0 Å². The number of carbonyl (C=O) groups excluding carboxylic acids is 2. The largest absolute Gasteiger partial charge is 0.326 e. The molecule has 2 aromatic rings. The van der Waals surface area contributed by atoms with Crippen LogP contribution in [-0.4, -0.2) is 31.6 Å². The van der Waals surface area contributed by atoms with Crippen LogP contribution >= 0.6 is 12.2 Å². The van der Waals surface area contributed by atoms with E-state index in [2.05, 4.69) is 15.0 Å². The van der Waals surface area contributed by atoms with Crippen LogP contribution in [0.15, 0.2) is 6.33 Å². The van der Waals surface area contributed by atoms with Crippen LogP contribution in [0, 0.1) is 10.2 Å². The number of H-pyrrole nitrogens is 2. The molecule has 2 aromatic heterocycles. The van der Waals surface area contributed by atoms with Crippen molar-refractivity contribution in [2.75, 3.05) is 0 Å². The maximum atomic E-state index is 11.0. The van der Waals surface area contributed by atoms with Gasteiger partial charge in [0.15, 0.2) is 16.5 Å². The molecule has 0 aromatic carbocycles. The van der Waals surface area contributed by atoms with E-state index in [-0.39, 0.29) is 18.3 Å². The first-order chi connectivity index (χ1) is 7.61. The Balaban J connectivity index is 2.67. The molecule has 2 heterocycles. The molecule has 0 aliphatic rings. The second-order valence-electron chi connectivity index (χ2n) is 3.11. The second-order valence-corrected chi connectivity index (χ2v) is 3.52. The molecular formula is C8H7N5O2S. The first-order valence-corrected chi connectivity index (χ1v) is 4.72. The van der Waals surface area contributed by atoms with E-state index < -0.39 is 5.78 Å². The van der Waals surface area contributed by atoms with Crippen molar-refractivity contribution >= 4 is 35.5 Å². The minimum absolute atomic E-state index is 0.0251. The highest BCUT2D eigenvalue weighted by Gasteiger charge is 2.07. The van der Waals surface area contributed by atoms with Crippen LogP contribution in [0.5, 0.6) is 0 Å². The van der Waals surface area contributed by atoms with Gasteiger partial charge in [0.05, 0.1) is 12.9 Å². The number of nitrogens with zero attached hydrogens (tertiary/aromatic N) is 2. The number of Topliss-reactive ketones (excluding diaryl/α,β-unsaturated/α-hetero) is 1. The zero-order valence-corrected chi connectivity index (χ0v) is 8.80. The topological polar surface area (TPSA) is 107 Å². The summed E-state index contributed by atoms with van der Waals surface area (Å²) in [5, 5.41) is 7.52. The number of hydrogen-bond acceptors (Lipinski definition) is 5. The highest BCUT2D eigenvalue weighted by molar-refractivity contribution is 7.71. The normalized spacial score (nSPS) is 10.5. The molecule has 0 aliphatic heterocycles. The Hall–Kier alpha value is -2.09. The number of rotatable bonds is 3. The molecule has 0 unspecified atom stereocenters. The Labute approximate surface area is 93.7 Å². The van der Waals surface area contributed by atoms with Gasteiger partial charge in [-0.3, -0.25) is 15.0 Å². The third-order valence-corrected chi connectivity index (χ3v) is 2.22. The van der Waals surface area contributed by atoms with Gasteiger partial charge in [-0.1, -0.05) is 0 Å². The molecule has 3 N–H and O–H groups in total. The Morgan fingerprint density at radius 1 is 1.62 bits per heavy atom. The van der Waals surface area contributed by atoms with Gasteiger partial charge >= 0.3 is 0 Å². The summed E-state index contributed by atoms with van der Waals surface area (Å²) in [6.07, 6.45) is 1.56. The Morgan fingerprint density at radius 2 is 2.38 bits per heavy atom. The SMILES string of the molecule is N=c1ncn(CC(=O)C=O)c2[nH]c(=S)[nH]c12. The average Bonchev–Trinajstić information content (AvgIpc) is 2.65. The smallest absolute Gasteiger partial charge is 0.214 e. The lowest BCUT2D eigenvalue weighted by Crippen LogP contribution is -2.17. The molecule has 16 heavy (non-hydrogen) atoms. The predicted molar refractivity (Wildman–Crippen MR) is 56.2 cm³/mol. The van der Waals surface area contributed by atoms with E-state index in [1.165, 1.54) is 10.9 Å². The van der Waals surface area contributed by atoms with Crippen molar-refractivity contribution in [2.45, 2.75) is 6.54 Å². The number of ketones is 1. The maximum Gasteiger partial charge on any atom is 0.214 e. The van der Waals surface area contributed by atoms with E-state index in [9.17, 15) is 9.59 Å². The average molecular weight is 237 g/mol. The van der Waals surface area contributed by atoms with Crippen LogP contribution in [0.25, 0.3) is 11.2 Å². The van der Waals surface area contributed by atoms with Crippen LogP contribution in [-0.2, 0) is 16.1 Å². The summed E-state index contributed by atoms with van der Waals surface area (Å²) >= 11 is 4.88. The van der Waals surface area contributed by atoms with E-state index in [1.54, 1.807) is 0 Å². The Kier molecular flexibility index (Phi) is 2.49. The molecule has 0 saturated carbocycles. The molecule has 0 fully saturated rings. The highest BCUT2D eigenvalue weighted by Crippen LogP contribution is 2.03. The fraction of sp³-hybridized carbons (Fsp3) is 0.125.